The first-order valence-corrected chi connectivity index (χ1v) is 7.15. The molecular weight excluding hydrogens is 262 g/mol. The van der Waals surface area contributed by atoms with E-state index in [9.17, 15) is 0 Å². The van der Waals surface area contributed by atoms with Gasteiger partial charge in [-0.1, -0.05) is 24.6 Å². The monoisotopic (exact) mass is 281 g/mol. The van der Waals surface area contributed by atoms with Gasteiger partial charge in [0.1, 0.15) is 5.75 Å². The number of nitrogens with two attached hydrogens (primary N) is 1. The molecule has 104 valence electrons. The quantitative estimate of drug-likeness (QED) is 0.903. The SMILES string of the molecule is CC1(COc2ccc(C3(CN)CC3)cc2Cl)COC1. The van der Waals surface area contributed by atoms with E-state index < -0.39 is 0 Å². The van der Waals surface area contributed by atoms with Gasteiger partial charge in [0.25, 0.3) is 0 Å². The Balaban J connectivity index is 1.69. The number of halogens is 1. The van der Waals surface area contributed by atoms with Crippen molar-refractivity contribution in [3.05, 3.63) is 28.8 Å². The van der Waals surface area contributed by atoms with Crippen LogP contribution >= 0.6 is 11.6 Å². The molecule has 0 aromatic heterocycles. The van der Waals surface area contributed by atoms with E-state index in [0.29, 0.717) is 18.2 Å². The zero-order chi connectivity index (χ0) is 13.5. The minimum atomic E-state index is 0.136. The summed E-state index contributed by atoms with van der Waals surface area (Å²) >= 11 is 6.31. The second kappa shape index (κ2) is 4.65. The lowest BCUT2D eigenvalue weighted by Gasteiger charge is -2.37. The lowest BCUT2D eigenvalue weighted by Crippen LogP contribution is -2.44. The summed E-state index contributed by atoms with van der Waals surface area (Å²) in [5.74, 6) is 0.756. The molecule has 0 radical (unpaired) electrons. The highest BCUT2D eigenvalue weighted by Gasteiger charge is 2.43. The predicted octanol–water partition coefficient (Wildman–Crippen LogP) is 2.75. The van der Waals surface area contributed by atoms with E-state index in [1.54, 1.807) is 0 Å². The molecule has 1 saturated heterocycles. The highest BCUT2D eigenvalue weighted by molar-refractivity contribution is 6.32. The van der Waals surface area contributed by atoms with Gasteiger partial charge in [0.15, 0.2) is 0 Å². The van der Waals surface area contributed by atoms with Crippen molar-refractivity contribution >= 4 is 11.6 Å². The van der Waals surface area contributed by atoms with Crippen LogP contribution in [0.25, 0.3) is 0 Å². The fourth-order valence-electron chi connectivity index (χ4n) is 2.50. The summed E-state index contributed by atoms with van der Waals surface area (Å²) in [5.41, 5.74) is 7.40. The third kappa shape index (κ3) is 2.47. The summed E-state index contributed by atoms with van der Waals surface area (Å²) in [6, 6.07) is 6.08. The van der Waals surface area contributed by atoms with Crippen LogP contribution in [0.4, 0.5) is 0 Å². The predicted molar refractivity (Wildman–Crippen MR) is 75.8 cm³/mol. The fourth-order valence-corrected chi connectivity index (χ4v) is 2.73. The van der Waals surface area contributed by atoms with E-state index in [1.165, 1.54) is 5.56 Å². The average molecular weight is 282 g/mol. The molecule has 2 fully saturated rings. The number of benzene rings is 1. The second-order valence-corrected chi connectivity index (χ2v) is 6.63. The van der Waals surface area contributed by atoms with Crippen LogP contribution in [0.1, 0.15) is 25.3 Å². The molecule has 4 heteroatoms. The molecule has 0 amide bonds. The lowest BCUT2D eigenvalue weighted by molar-refractivity contribution is -0.120. The summed E-state index contributed by atoms with van der Waals surface area (Å²) in [6.45, 7) is 5.03. The molecule has 1 saturated carbocycles. The largest absolute Gasteiger partial charge is 0.491 e. The van der Waals surface area contributed by atoms with E-state index in [1.807, 2.05) is 12.1 Å². The molecule has 1 aromatic carbocycles. The van der Waals surface area contributed by atoms with Crippen LogP contribution in [0, 0.1) is 5.41 Å². The van der Waals surface area contributed by atoms with Gasteiger partial charge in [0.2, 0.25) is 0 Å². The highest BCUT2D eigenvalue weighted by Crippen LogP contribution is 2.48. The Morgan fingerprint density at radius 1 is 1.37 bits per heavy atom. The van der Waals surface area contributed by atoms with E-state index >= 15 is 0 Å². The number of rotatable bonds is 5. The molecule has 1 aliphatic carbocycles. The molecule has 0 spiro atoms. The molecule has 3 nitrogen and oxygen atoms in total. The summed E-state index contributed by atoms with van der Waals surface area (Å²) < 4.78 is 11.0. The smallest absolute Gasteiger partial charge is 0.137 e. The van der Waals surface area contributed by atoms with Crippen LogP contribution in [0.5, 0.6) is 5.75 Å². The Morgan fingerprint density at radius 2 is 2.11 bits per heavy atom. The van der Waals surface area contributed by atoms with Crippen LogP contribution in [-0.4, -0.2) is 26.4 Å². The van der Waals surface area contributed by atoms with Gasteiger partial charge in [-0.25, -0.2) is 0 Å². The van der Waals surface area contributed by atoms with E-state index in [2.05, 4.69) is 13.0 Å². The third-order valence-corrected chi connectivity index (χ3v) is 4.56. The summed E-state index contributed by atoms with van der Waals surface area (Å²) in [7, 11) is 0. The molecule has 0 atom stereocenters. The Bertz CT molecular complexity index is 481. The molecule has 0 unspecified atom stereocenters. The van der Waals surface area contributed by atoms with Gasteiger partial charge in [-0.3, -0.25) is 0 Å². The van der Waals surface area contributed by atoms with Gasteiger partial charge in [0, 0.05) is 17.4 Å². The van der Waals surface area contributed by atoms with Gasteiger partial charge in [-0.15, -0.1) is 0 Å². The van der Waals surface area contributed by atoms with Crippen molar-refractivity contribution in [3.8, 4) is 5.75 Å². The normalized spacial score (nSPS) is 22.7. The van der Waals surface area contributed by atoms with Crippen molar-refractivity contribution in [3.63, 3.8) is 0 Å². The molecule has 1 aliphatic heterocycles. The first-order chi connectivity index (χ1) is 9.07. The van der Waals surface area contributed by atoms with Crippen LogP contribution in [-0.2, 0) is 10.2 Å². The van der Waals surface area contributed by atoms with Crippen LogP contribution in [0.15, 0.2) is 18.2 Å². The van der Waals surface area contributed by atoms with Crippen molar-refractivity contribution < 1.29 is 9.47 Å². The zero-order valence-corrected chi connectivity index (χ0v) is 12.0. The molecule has 2 N–H and O–H groups in total. The maximum absolute atomic E-state index is 6.31. The van der Waals surface area contributed by atoms with Crippen molar-refractivity contribution in [1.29, 1.82) is 0 Å². The summed E-state index contributed by atoms with van der Waals surface area (Å²) in [4.78, 5) is 0. The Hall–Kier alpha value is -0.770. The Labute approximate surface area is 119 Å². The maximum Gasteiger partial charge on any atom is 0.137 e. The first kappa shape index (κ1) is 13.2. The highest BCUT2D eigenvalue weighted by atomic mass is 35.5. The molecule has 1 heterocycles. The van der Waals surface area contributed by atoms with Gasteiger partial charge >= 0.3 is 0 Å². The minimum absolute atomic E-state index is 0.136. The van der Waals surface area contributed by atoms with Gasteiger partial charge in [-0.05, 0) is 30.5 Å². The number of hydrogen-bond donors (Lipinski definition) is 1. The Morgan fingerprint density at radius 3 is 2.58 bits per heavy atom. The van der Waals surface area contributed by atoms with Gasteiger partial charge < -0.3 is 15.2 Å². The van der Waals surface area contributed by atoms with Crippen molar-refractivity contribution in [1.82, 2.24) is 0 Å². The molecular formula is C15H20ClNO2. The molecule has 19 heavy (non-hydrogen) atoms. The lowest BCUT2D eigenvalue weighted by atomic mass is 9.90. The molecule has 0 bridgehead atoms. The van der Waals surface area contributed by atoms with Crippen molar-refractivity contribution in [2.45, 2.75) is 25.2 Å². The third-order valence-electron chi connectivity index (χ3n) is 4.27. The summed E-state index contributed by atoms with van der Waals surface area (Å²) in [5, 5.41) is 0.682. The van der Waals surface area contributed by atoms with Gasteiger partial charge in [-0.2, -0.15) is 0 Å². The van der Waals surface area contributed by atoms with E-state index in [4.69, 9.17) is 26.8 Å². The fraction of sp³-hybridized carbons (Fsp3) is 0.600. The first-order valence-electron chi connectivity index (χ1n) is 6.78. The van der Waals surface area contributed by atoms with Gasteiger partial charge in [0.05, 0.1) is 24.8 Å². The zero-order valence-electron chi connectivity index (χ0n) is 11.2. The van der Waals surface area contributed by atoms with Crippen LogP contribution in [0.2, 0.25) is 5.02 Å². The molecule has 2 aliphatic rings. The maximum atomic E-state index is 6.31. The van der Waals surface area contributed by atoms with Crippen LogP contribution < -0.4 is 10.5 Å². The Kier molecular flexibility index (Phi) is 3.24. The average Bonchev–Trinajstić information content (AvgIpc) is 3.16. The summed E-state index contributed by atoms with van der Waals surface area (Å²) in [6.07, 6.45) is 2.32. The molecule has 1 aromatic rings. The standard InChI is InChI=1S/C15H20ClNO2/c1-14(8-18-9-14)10-19-13-3-2-11(6-12(13)16)15(7-17)4-5-15/h2-3,6H,4-5,7-10,17H2,1H3. The van der Waals surface area contributed by atoms with Crippen molar-refractivity contribution in [2.75, 3.05) is 26.4 Å². The topological polar surface area (TPSA) is 44.5 Å². The number of hydrogen-bond acceptors (Lipinski definition) is 3. The molecule has 3 rings (SSSR count). The van der Waals surface area contributed by atoms with E-state index in [-0.39, 0.29) is 10.8 Å². The number of ether oxygens (including phenoxy) is 2. The van der Waals surface area contributed by atoms with Crippen molar-refractivity contribution in [2.24, 2.45) is 11.1 Å². The van der Waals surface area contributed by atoms with Crippen LogP contribution in [0.3, 0.4) is 0 Å². The minimum Gasteiger partial charge on any atom is -0.491 e. The second-order valence-electron chi connectivity index (χ2n) is 6.22. The van der Waals surface area contributed by atoms with E-state index in [0.717, 1.165) is 31.8 Å².